The highest BCUT2D eigenvalue weighted by Crippen LogP contribution is 2.16. The topological polar surface area (TPSA) is 62.5 Å². The van der Waals surface area contributed by atoms with Gasteiger partial charge >= 0.3 is 0 Å². The summed E-state index contributed by atoms with van der Waals surface area (Å²) in [7, 11) is 0. The number of rotatable bonds is 10. The fraction of sp³-hybridized carbons (Fsp3) is 0.765. The van der Waals surface area contributed by atoms with Crippen molar-refractivity contribution in [2.24, 2.45) is 4.99 Å². The van der Waals surface area contributed by atoms with Crippen molar-refractivity contribution in [2.75, 3.05) is 13.1 Å². The summed E-state index contributed by atoms with van der Waals surface area (Å²) in [6.45, 7) is 11.0. The Bertz CT molecular complexity index is 424. The number of halogens is 1. The van der Waals surface area contributed by atoms with E-state index in [1.165, 1.54) is 25.7 Å². The molecule has 5 nitrogen and oxygen atoms in total. The molecule has 0 bridgehead atoms. The summed E-state index contributed by atoms with van der Waals surface area (Å²) in [4.78, 5) is 4.69. The van der Waals surface area contributed by atoms with Gasteiger partial charge in [-0.25, -0.2) is 4.99 Å². The fourth-order valence-corrected chi connectivity index (χ4v) is 2.38. The molecule has 134 valence electrons. The molecule has 0 aliphatic carbocycles. The second-order valence-electron chi connectivity index (χ2n) is 5.42. The van der Waals surface area contributed by atoms with Crippen LogP contribution in [0.4, 0.5) is 0 Å². The highest BCUT2D eigenvalue weighted by Gasteiger charge is 2.12. The van der Waals surface area contributed by atoms with Gasteiger partial charge < -0.3 is 15.2 Å². The number of nitrogens with zero attached hydrogens (tertiary/aromatic N) is 2. The first-order valence-electron chi connectivity index (χ1n) is 8.75. The third kappa shape index (κ3) is 8.04. The van der Waals surface area contributed by atoms with Gasteiger partial charge in [0.15, 0.2) is 5.96 Å². The third-order valence-electron chi connectivity index (χ3n) is 3.67. The fourth-order valence-electron chi connectivity index (χ4n) is 2.38. The predicted molar refractivity (Wildman–Crippen MR) is 108 cm³/mol. The van der Waals surface area contributed by atoms with Gasteiger partial charge in [0.1, 0.15) is 5.76 Å². The molecule has 0 spiro atoms. The first-order chi connectivity index (χ1) is 10.8. The smallest absolute Gasteiger partial charge is 0.191 e. The van der Waals surface area contributed by atoms with Crippen molar-refractivity contribution >= 4 is 29.9 Å². The van der Waals surface area contributed by atoms with Crippen LogP contribution in [-0.4, -0.2) is 24.2 Å². The predicted octanol–water partition coefficient (Wildman–Crippen LogP) is 4.05. The van der Waals surface area contributed by atoms with Crippen molar-refractivity contribution in [1.29, 1.82) is 0 Å². The molecule has 1 heterocycles. The Kier molecular flexibility index (Phi) is 13.2. The molecule has 0 saturated heterocycles. The zero-order chi connectivity index (χ0) is 16.2. The summed E-state index contributed by atoms with van der Waals surface area (Å²) < 4.78 is 5.39. The lowest BCUT2D eigenvalue weighted by atomic mass is 10.1. The molecule has 0 atom stereocenters. The van der Waals surface area contributed by atoms with Gasteiger partial charge in [0.2, 0.25) is 0 Å². The summed E-state index contributed by atoms with van der Waals surface area (Å²) in [5.74, 6) is 1.84. The van der Waals surface area contributed by atoms with E-state index in [0.717, 1.165) is 48.9 Å². The number of aliphatic imine (C=N–C) groups is 1. The van der Waals surface area contributed by atoms with Crippen LogP contribution in [0.25, 0.3) is 0 Å². The second-order valence-corrected chi connectivity index (χ2v) is 5.42. The van der Waals surface area contributed by atoms with Gasteiger partial charge in [0.25, 0.3) is 0 Å². The Labute approximate surface area is 158 Å². The molecule has 0 fully saturated rings. The standard InChI is InChI=1S/C17H32N4O.HI/c1-5-9-10-11-12-19-17(18-8-4)20-13-14-15(6-2)21-22-16(14)7-3;/h5-13H2,1-4H3,(H2,18,19,20);1H. The number of nitrogens with one attached hydrogen (secondary N) is 2. The number of hydrogen-bond donors (Lipinski definition) is 2. The minimum Gasteiger partial charge on any atom is -0.361 e. The Balaban J connectivity index is 0.00000484. The largest absolute Gasteiger partial charge is 0.361 e. The summed E-state index contributed by atoms with van der Waals surface area (Å²) in [5.41, 5.74) is 2.17. The van der Waals surface area contributed by atoms with Crippen LogP contribution in [0.1, 0.15) is 70.4 Å². The maximum Gasteiger partial charge on any atom is 0.191 e. The lowest BCUT2D eigenvalue weighted by molar-refractivity contribution is 0.380. The number of hydrogen-bond acceptors (Lipinski definition) is 3. The molecule has 2 N–H and O–H groups in total. The minimum atomic E-state index is 0. The van der Waals surface area contributed by atoms with Crippen molar-refractivity contribution in [3.63, 3.8) is 0 Å². The van der Waals surface area contributed by atoms with Crippen molar-refractivity contribution in [3.05, 3.63) is 17.0 Å². The quantitative estimate of drug-likeness (QED) is 0.251. The van der Waals surface area contributed by atoms with Gasteiger partial charge in [-0.2, -0.15) is 0 Å². The molecule has 0 saturated carbocycles. The molecule has 1 aromatic rings. The number of aryl methyl sites for hydroxylation is 2. The molecule has 0 aliphatic heterocycles. The van der Waals surface area contributed by atoms with Crippen LogP contribution in [0, 0.1) is 0 Å². The van der Waals surface area contributed by atoms with E-state index in [1.54, 1.807) is 0 Å². The minimum absolute atomic E-state index is 0. The van der Waals surface area contributed by atoms with Gasteiger partial charge in [-0.05, 0) is 19.8 Å². The molecular weight excluding hydrogens is 403 g/mol. The zero-order valence-electron chi connectivity index (χ0n) is 15.1. The van der Waals surface area contributed by atoms with Crippen LogP contribution in [-0.2, 0) is 19.4 Å². The van der Waals surface area contributed by atoms with Gasteiger partial charge in [-0.1, -0.05) is 45.2 Å². The van der Waals surface area contributed by atoms with Crippen molar-refractivity contribution < 1.29 is 4.52 Å². The Morgan fingerprint density at radius 2 is 1.83 bits per heavy atom. The van der Waals surface area contributed by atoms with Crippen LogP contribution >= 0.6 is 24.0 Å². The number of guanidine groups is 1. The Morgan fingerprint density at radius 3 is 2.43 bits per heavy atom. The monoisotopic (exact) mass is 436 g/mol. The molecule has 0 unspecified atom stereocenters. The highest BCUT2D eigenvalue weighted by molar-refractivity contribution is 14.0. The van der Waals surface area contributed by atoms with Gasteiger partial charge in [0.05, 0.1) is 12.2 Å². The van der Waals surface area contributed by atoms with Crippen LogP contribution in [0.2, 0.25) is 0 Å². The molecule has 1 aromatic heterocycles. The van der Waals surface area contributed by atoms with Crippen LogP contribution in [0.3, 0.4) is 0 Å². The van der Waals surface area contributed by atoms with E-state index < -0.39 is 0 Å². The van der Waals surface area contributed by atoms with Crippen molar-refractivity contribution in [2.45, 2.75) is 72.8 Å². The van der Waals surface area contributed by atoms with E-state index in [1.807, 2.05) is 0 Å². The van der Waals surface area contributed by atoms with Crippen LogP contribution < -0.4 is 10.6 Å². The average molecular weight is 436 g/mol. The SMILES string of the molecule is CCCCCCNC(=NCc1c(CC)noc1CC)NCC.I. The van der Waals surface area contributed by atoms with Crippen molar-refractivity contribution in [1.82, 2.24) is 15.8 Å². The van der Waals surface area contributed by atoms with Gasteiger partial charge in [-0.3, -0.25) is 0 Å². The van der Waals surface area contributed by atoms with E-state index in [-0.39, 0.29) is 24.0 Å². The van der Waals surface area contributed by atoms with Crippen molar-refractivity contribution in [3.8, 4) is 0 Å². The van der Waals surface area contributed by atoms with Crippen LogP contribution in [0.5, 0.6) is 0 Å². The second kappa shape index (κ2) is 13.6. The molecule has 0 aliphatic rings. The number of aromatic nitrogens is 1. The Hall–Kier alpha value is -0.790. The third-order valence-corrected chi connectivity index (χ3v) is 3.67. The summed E-state index contributed by atoms with van der Waals surface area (Å²) in [6.07, 6.45) is 6.77. The lowest BCUT2D eigenvalue weighted by Crippen LogP contribution is -2.37. The molecule has 23 heavy (non-hydrogen) atoms. The van der Waals surface area contributed by atoms with E-state index >= 15 is 0 Å². The van der Waals surface area contributed by atoms with E-state index in [2.05, 4.69) is 48.5 Å². The molecule has 6 heteroatoms. The first kappa shape index (κ1) is 22.2. The summed E-state index contributed by atoms with van der Waals surface area (Å²) >= 11 is 0. The molecule has 0 aromatic carbocycles. The highest BCUT2D eigenvalue weighted by atomic mass is 127. The molecule has 0 radical (unpaired) electrons. The van der Waals surface area contributed by atoms with E-state index in [0.29, 0.717) is 6.54 Å². The van der Waals surface area contributed by atoms with Gasteiger partial charge in [-0.15, -0.1) is 24.0 Å². The first-order valence-corrected chi connectivity index (χ1v) is 8.75. The Morgan fingerprint density at radius 1 is 1.04 bits per heavy atom. The average Bonchev–Trinajstić information content (AvgIpc) is 2.94. The maximum absolute atomic E-state index is 5.39. The summed E-state index contributed by atoms with van der Waals surface area (Å²) in [6, 6.07) is 0. The lowest BCUT2D eigenvalue weighted by Gasteiger charge is -2.11. The van der Waals surface area contributed by atoms with Crippen LogP contribution in [0.15, 0.2) is 9.52 Å². The zero-order valence-corrected chi connectivity index (χ0v) is 17.4. The van der Waals surface area contributed by atoms with Gasteiger partial charge in [0, 0.05) is 25.1 Å². The maximum atomic E-state index is 5.39. The summed E-state index contributed by atoms with van der Waals surface area (Å²) in [5, 5.41) is 10.8. The molecule has 1 rings (SSSR count). The normalized spacial score (nSPS) is 11.2. The van der Waals surface area contributed by atoms with E-state index in [4.69, 9.17) is 4.52 Å². The van der Waals surface area contributed by atoms with E-state index in [9.17, 15) is 0 Å². The number of unbranched alkanes of at least 4 members (excludes halogenated alkanes) is 3. The molecular formula is C17H33IN4O. The molecule has 0 amide bonds.